The molecule has 3 aromatic rings. The van der Waals surface area contributed by atoms with E-state index in [1.54, 1.807) is 31.2 Å². The van der Waals surface area contributed by atoms with Crippen molar-refractivity contribution in [1.82, 2.24) is 0 Å². The zero-order valence-electron chi connectivity index (χ0n) is 14.3. The van der Waals surface area contributed by atoms with E-state index in [4.69, 9.17) is 4.42 Å². The van der Waals surface area contributed by atoms with Crippen molar-refractivity contribution in [1.29, 1.82) is 0 Å². The van der Waals surface area contributed by atoms with Crippen molar-refractivity contribution in [3.05, 3.63) is 86.4 Å². The fourth-order valence-electron chi connectivity index (χ4n) is 2.88. The van der Waals surface area contributed by atoms with Crippen LogP contribution in [0.1, 0.15) is 36.8 Å². The maximum Gasteiger partial charge on any atom is 1.00 e. The van der Waals surface area contributed by atoms with E-state index in [0.717, 1.165) is 5.56 Å². The van der Waals surface area contributed by atoms with Crippen LogP contribution >= 0.6 is 0 Å². The first-order valence-corrected chi connectivity index (χ1v) is 7.91. The summed E-state index contributed by atoms with van der Waals surface area (Å²) in [4.78, 5) is 37.3. The predicted molar refractivity (Wildman–Crippen MR) is 92.5 cm³/mol. The van der Waals surface area contributed by atoms with Crippen LogP contribution in [-0.2, 0) is 4.79 Å². The number of para-hydroxylation sites is 1. The van der Waals surface area contributed by atoms with Crippen LogP contribution in [0.3, 0.4) is 0 Å². The Hall–Kier alpha value is -1.88. The molecule has 0 bridgehead atoms. The van der Waals surface area contributed by atoms with Gasteiger partial charge in [0.15, 0.2) is 0 Å². The fraction of sp³-hybridized carbons (Fsp3) is 0.200. The molecule has 0 aliphatic rings. The Bertz CT molecular complexity index is 986. The molecule has 5 heteroatoms. The summed E-state index contributed by atoms with van der Waals surface area (Å²) in [5.74, 6) is -0.595. The smallest absolute Gasteiger partial charge is 0.455 e. The molecule has 2 aromatic carbocycles. The molecule has 25 heavy (non-hydrogen) atoms. The van der Waals surface area contributed by atoms with Gasteiger partial charge in [-0.25, -0.2) is 0 Å². The number of ketones is 1. The van der Waals surface area contributed by atoms with E-state index in [1.807, 2.05) is 30.3 Å². The van der Waals surface area contributed by atoms with Crippen LogP contribution in [0.15, 0.2) is 68.6 Å². The predicted octanol–water partition coefficient (Wildman–Crippen LogP) is 0.377. The van der Waals surface area contributed by atoms with Gasteiger partial charge in [0.05, 0.1) is 5.58 Å². The van der Waals surface area contributed by atoms with Crippen molar-refractivity contribution in [3.8, 4) is 0 Å². The molecule has 4 nitrogen and oxygen atoms in total. The van der Waals surface area contributed by atoms with E-state index < -0.39 is 11.5 Å². The number of carbonyl (C=O) groups excluding carboxylic acids is 1. The molecule has 122 valence electrons. The molecule has 0 saturated carbocycles. The third-order valence-corrected chi connectivity index (χ3v) is 4.18. The van der Waals surface area contributed by atoms with Gasteiger partial charge < -0.3 is 9.21 Å². The second kappa shape index (κ2) is 8.48. The molecule has 0 amide bonds. The van der Waals surface area contributed by atoms with E-state index >= 15 is 0 Å². The van der Waals surface area contributed by atoms with E-state index in [2.05, 4.69) is 0 Å². The van der Waals surface area contributed by atoms with Crippen LogP contribution in [0.4, 0.5) is 0 Å². The maximum atomic E-state index is 12.9. The van der Waals surface area contributed by atoms with Gasteiger partial charge >= 0.3 is 29.6 Å². The molecule has 3 rings (SSSR count). The maximum absolute atomic E-state index is 12.9. The first-order valence-electron chi connectivity index (χ1n) is 7.91. The summed E-state index contributed by atoms with van der Waals surface area (Å²) in [7, 11) is 0. The van der Waals surface area contributed by atoms with Gasteiger partial charge in [0.1, 0.15) is 5.78 Å². The number of rotatable bonds is 5. The summed E-state index contributed by atoms with van der Waals surface area (Å²) in [5.41, 5.74) is 0.0293. The molecule has 1 heterocycles. The van der Waals surface area contributed by atoms with Gasteiger partial charge in [0.2, 0.25) is 0 Å². The second-order valence-corrected chi connectivity index (χ2v) is 5.69. The number of benzene rings is 2. The van der Waals surface area contributed by atoms with E-state index in [0.29, 0.717) is 11.8 Å². The summed E-state index contributed by atoms with van der Waals surface area (Å²) in [6.07, 6.45) is 0.468. The summed E-state index contributed by atoms with van der Waals surface area (Å²) in [5, 5.41) is 0.358. The zero-order valence-corrected chi connectivity index (χ0v) is 16.3. The van der Waals surface area contributed by atoms with E-state index in [1.165, 1.54) is 0 Å². The second-order valence-electron chi connectivity index (χ2n) is 5.69. The van der Waals surface area contributed by atoms with Gasteiger partial charge in [-0.05, 0) is 12.0 Å². The third-order valence-electron chi connectivity index (χ3n) is 4.18. The Kier molecular flexibility index (Phi) is 6.59. The zero-order chi connectivity index (χ0) is 17.1. The first-order chi connectivity index (χ1) is 11.6. The number of hydrogen-bond acceptors (Lipinski definition) is 4. The quantitative estimate of drug-likeness (QED) is 0.381. The van der Waals surface area contributed by atoms with Gasteiger partial charge in [-0.15, -0.1) is 6.07 Å². The third kappa shape index (κ3) is 4.03. The van der Waals surface area contributed by atoms with Crippen molar-refractivity contribution in [2.45, 2.75) is 25.7 Å². The van der Waals surface area contributed by atoms with Crippen LogP contribution in [0.2, 0.25) is 0 Å². The Balaban J connectivity index is 0.00000225. The average molecular weight is 344 g/mol. The molecule has 0 aliphatic heterocycles. The minimum atomic E-state index is -0.670. The molecule has 0 spiro atoms. The Morgan fingerprint density at radius 3 is 2.36 bits per heavy atom. The molecule has 0 N–H and O–H groups in total. The molecule has 0 fully saturated rings. The molecule has 1 atom stereocenters. The van der Waals surface area contributed by atoms with Gasteiger partial charge in [0, 0.05) is 18.3 Å². The van der Waals surface area contributed by atoms with Crippen LogP contribution in [-0.4, -0.2) is 5.78 Å². The fourth-order valence-corrected chi connectivity index (χ4v) is 2.88. The minimum absolute atomic E-state index is 0. The minimum Gasteiger partial charge on any atom is -0.455 e. The van der Waals surface area contributed by atoms with E-state index in [9.17, 15) is 14.4 Å². The normalized spacial score (nSPS) is 11.7. The summed E-state index contributed by atoms with van der Waals surface area (Å²) >= 11 is 0. The molecule has 0 radical (unpaired) electrons. The van der Waals surface area contributed by atoms with Crippen molar-refractivity contribution >= 4 is 16.8 Å². The molecular formula is C20H17NaO4. The van der Waals surface area contributed by atoms with Crippen LogP contribution in [0.5, 0.6) is 0 Å². The molecule has 0 aliphatic carbocycles. The van der Waals surface area contributed by atoms with Gasteiger partial charge in [-0.1, -0.05) is 65.9 Å². The number of hydrogen-bond donors (Lipinski definition) is 0. The van der Waals surface area contributed by atoms with Crippen molar-refractivity contribution in [3.63, 3.8) is 0 Å². The van der Waals surface area contributed by atoms with Crippen LogP contribution < -0.4 is 40.6 Å². The SMILES string of the molecule is CCC(=O)CC(c1ccccc1)[c-]1c(=O)oc2ccccc2c1=O.[Na+]. The van der Waals surface area contributed by atoms with Gasteiger partial charge in [-0.3, -0.25) is 9.59 Å². The monoisotopic (exact) mass is 344 g/mol. The summed E-state index contributed by atoms with van der Waals surface area (Å²) < 4.78 is 5.32. The molecular weight excluding hydrogens is 327 g/mol. The number of Topliss-reactive ketones (excluding diaryl/α,β-unsaturated/α-hetero) is 1. The molecule has 0 saturated heterocycles. The molecule has 1 unspecified atom stereocenters. The van der Waals surface area contributed by atoms with Crippen LogP contribution in [0, 0.1) is 0 Å². The van der Waals surface area contributed by atoms with Crippen LogP contribution in [0.25, 0.3) is 11.0 Å². The van der Waals surface area contributed by atoms with Crippen molar-refractivity contribution < 1.29 is 38.8 Å². The number of carbonyl (C=O) groups is 1. The Morgan fingerprint density at radius 1 is 1.04 bits per heavy atom. The van der Waals surface area contributed by atoms with Gasteiger partial charge in [-0.2, -0.15) is 0 Å². The van der Waals surface area contributed by atoms with Crippen molar-refractivity contribution in [2.75, 3.05) is 0 Å². The molecule has 1 aromatic heterocycles. The average Bonchev–Trinajstić information content (AvgIpc) is 2.61. The summed E-state index contributed by atoms with van der Waals surface area (Å²) in [6, 6.07) is 15.8. The largest absolute Gasteiger partial charge is 1.00 e. The first kappa shape index (κ1) is 19.4. The van der Waals surface area contributed by atoms with E-state index in [-0.39, 0.29) is 58.3 Å². The van der Waals surface area contributed by atoms with Gasteiger partial charge in [0.25, 0.3) is 5.63 Å². The Morgan fingerprint density at radius 2 is 1.68 bits per heavy atom. The topological polar surface area (TPSA) is 64.3 Å². The Labute approximate surface area is 167 Å². The standard InChI is InChI=1S/C20H17O4.Na/c1-2-14(21)12-16(13-8-4-3-5-9-13)18-19(22)15-10-6-7-11-17(15)24-20(18)23;/h3-11,16H,2,12H2,1H3;/q-1;+1. The number of fused-ring (bicyclic) bond motifs is 1. The van der Waals surface area contributed by atoms with Crippen molar-refractivity contribution in [2.24, 2.45) is 0 Å². The summed E-state index contributed by atoms with van der Waals surface area (Å²) in [6.45, 7) is 1.77.